The van der Waals surface area contributed by atoms with Gasteiger partial charge in [-0.15, -0.1) is 0 Å². The van der Waals surface area contributed by atoms with E-state index in [1.54, 1.807) is 7.11 Å². The van der Waals surface area contributed by atoms with Crippen LogP contribution in [-0.4, -0.2) is 15.4 Å². The first-order valence-electron chi connectivity index (χ1n) is 5.30. The van der Waals surface area contributed by atoms with Gasteiger partial charge in [-0.05, 0) is 25.1 Å². The molecule has 0 heterocycles. The minimum Gasteiger partial charge on any atom is -0.519 e. The molecule has 3 heteroatoms. The van der Waals surface area contributed by atoms with Gasteiger partial charge < -0.3 is 9.16 Å². The summed E-state index contributed by atoms with van der Waals surface area (Å²) in [6.07, 6.45) is 5.74. The highest BCUT2D eigenvalue weighted by Gasteiger charge is 2.39. The van der Waals surface area contributed by atoms with Crippen molar-refractivity contribution in [3.8, 4) is 0 Å². The molecule has 0 atom stereocenters. The van der Waals surface area contributed by atoms with Gasteiger partial charge in [0.15, 0.2) is 0 Å². The molecule has 0 bridgehead atoms. The summed E-state index contributed by atoms with van der Waals surface area (Å²) in [5.41, 5.74) is 0. The third-order valence-electron chi connectivity index (χ3n) is 2.79. The highest BCUT2D eigenvalue weighted by atomic mass is 28.4. The summed E-state index contributed by atoms with van der Waals surface area (Å²) >= 11 is 0. The maximum absolute atomic E-state index is 5.98. The SMILES string of the molecule is C/C=C\C=C(\OC)O[Si](C)(C)C(C)(C)C. The van der Waals surface area contributed by atoms with Crippen LogP contribution in [-0.2, 0) is 9.16 Å². The fourth-order valence-electron chi connectivity index (χ4n) is 0.723. The third-order valence-corrected chi connectivity index (χ3v) is 7.11. The average Bonchev–Trinajstić information content (AvgIpc) is 2.10. The number of hydrogen-bond donors (Lipinski definition) is 0. The van der Waals surface area contributed by atoms with Crippen molar-refractivity contribution in [1.82, 2.24) is 0 Å². The molecular formula is C12H24O2Si. The molecule has 0 unspecified atom stereocenters. The van der Waals surface area contributed by atoms with Crippen molar-refractivity contribution in [1.29, 1.82) is 0 Å². The zero-order valence-corrected chi connectivity index (χ0v) is 12.0. The van der Waals surface area contributed by atoms with Gasteiger partial charge in [-0.3, -0.25) is 0 Å². The normalized spacial score (nSPS) is 14.5. The first-order valence-corrected chi connectivity index (χ1v) is 8.21. The highest BCUT2D eigenvalue weighted by molar-refractivity contribution is 6.74. The summed E-state index contributed by atoms with van der Waals surface area (Å²) in [6.45, 7) is 13.0. The minimum atomic E-state index is -1.77. The van der Waals surface area contributed by atoms with E-state index in [2.05, 4.69) is 33.9 Å². The van der Waals surface area contributed by atoms with E-state index in [4.69, 9.17) is 9.16 Å². The van der Waals surface area contributed by atoms with Gasteiger partial charge in [0.2, 0.25) is 0 Å². The van der Waals surface area contributed by atoms with Crippen LogP contribution in [0.25, 0.3) is 0 Å². The van der Waals surface area contributed by atoms with Crippen LogP contribution in [0.5, 0.6) is 0 Å². The van der Waals surface area contributed by atoms with E-state index in [0.717, 1.165) is 0 Å². The van der Waals surface area contributed by atoms with Crippen LogP contribution in [0, 0.1) is 0 Å². The molecule has 0 saturated carbocycles. The first-order chi connectivity index (χ1) is 6.74. The lowest BCUT2D eigenvalue weighted by Crippen LogP contribution is -2.40. The molecule has 0 saturated heterocycles. The predicted molar refractivity (Wildman–Crippen MR) is 68.2 cm³/mol. The lowest BCUT2D eigenvalue weighted by Gasteiger charge is -2.36. The zero-order valence-electron chi connectivity index (χ0n) is 11.0. The molecule has 0 spiro atoms. The van der Waals surface area contributed by atoms with Crippen molar-refractivity contribution in [2.75, 3.05) is 7.11 Å². The second kappa shape index (κ2) is 5.40. The van der Waals surface area contributed by atoms with E-state index < -0.39 is 8.32 Å². The Morgan fingerprint density at radius 2 is 1.73 bits per heavy atom. The van der Waals surface area contributed by atoms with Gasteiger partial charge in [0.25, 0.3) is 14.3 Å². The maximum Gasteiger partial charge on any atom is 0.264 e. The Labute approximate surface area is 95.1 Å². The molecule has 0 N–H and O–H groups in total. The Balaban J connectivity index is 4.69. The molecule has 0 aromatic heterocycles. The van der Waals surface area contributed by atoms with Crippen LogP contribution in [0.3, 0.4) is 0 Å². The van der Waals surface area contributed by atoms with Gasteiger partial charge in [0, 0.05) is 6.08 Å². The second-order valence-electron chi connectivity index (χ2n) is 5.08. The molecule has 0 rings (SSSR count). The van der Waals surface area contributed by atoms with Crippen molar-refractivity contribution in [3.05, 3.63) is 24.2 Å². The van der Waals surface area contributed by atoms with Crippen LogP contribution < -0.4 is 0 Å². The summed E-state index contributed by atoms with van der Waals surface area (Å²) in [6, 6.07) is 0. The Kier molecular flexibility index (Phi) is 5.15. The molecule has 0 aliphatic carbocycles. The van der Waals surface area contributed by atoms with Gasteiger partial charge >= 0.3 is 0 Å². The molecule has 15 heavy (non-hydrogen) atoms. The average molecular weight is 228 g/mol. The molecule has 0 aromatic rings. The van der Waals surface area contributed by atoms with Crippen molar-refractivity contribution >= 4 is 8.32 Å². The molecule has 0 aliphatic heterocycles. The van der Waals surface area contributed by atoms with Gasteiger partial charge in [0.05, 0.1) is 7.11 Å². The number of hydrogen-bond acceptors (Lipinski definition) is 2. The van der Waals surface area contributed by atoms with E-state index in [0.29, 0.717) is 5.95 Å². The fraction of sp³-hybridized carbons (Fsp3) is 0.667. The van der Waals surface area contributed by atoms with Crippen molar-refractivity contribution < 1.29 is 9.16 Å². The topological polar surface area (TPSA) is 18.5 Å². The number of rotatable bonds is 4. The zero-order chi connectivity index (χ0) is 12.1. The second-order valence-corrected chi connectivity index (χ2v) is 9.80. The van der Waals surface area contributed by atoms with Gasteiger partial charge in [0.1, 0.15) is 0 Å². The quantitative estimate of drug-likeness (QED) is 0.410. The minimum absolute atomic E-state index is 0.195. The first kappa shape index (κ1) is 14.3. The summed E-state index contributed by atoms with van der Waals surface area (Å²) in [4.78, 5) is 0. The number of allylic oxidation sites excluding steroid dienone is 3. The molecule has 0 aromatic carbocycles. The molecule has 0 radical (unpaired) electrons. The van der Waals surface area contributed by atoms with Crippen LogP contribution in [0.2, 0.25) is 18.1 Å². The van der Waals surface area contributed by atoms with Crippen LogP contribution >= 0.6 is 0 Å². The Morgan fingerprint density at radius 3 is 2.07 bits per heavy atom. The standard InChI is InChI=1S/C12H24O2Si/c1-8-9-10-11(13-5)14-15(6,7)12(2,3)4/h8-10H,1-7H3/b9-8-,11-10-. The number of methoxy groups -OCH3 is 1. The predicted octanol–water partition coefficient (Wildman–Crippen LogP) is 4.07. The van der Waals surface area contributed by atoms with Crippen LogP contribution in [0.4, 0.5) is 0 Å². The van der Waals surface area contributed by atoms with Gasteiger partial charge in [-0.25, -0.2) is 0 Å². The summed E-state index contributed by atoms with van der Waals surface area (Å²) in [5.74, 6) is 0.611. The molecule has 0 amide bonds. The Hall–Kier alpha value is -0.703. The van der Waals surface area contributed by atoms with E-state index >= 15 is 0 Å². The van der Waals surface area contributed by atoms with E-state index in [1.165, 1.54) is 0 Å². The van der Waals surface area contributed by atoms with E-state index in [9.17, 15) is 0 Å². The molecule has 2 nitrogen and oxygen atoms in total. The molecule has 88 valence electrons. The Bertz CT molecular complexity index is 247. The highest BCUT2D eigenvalue weighted by Crippen LogP contribution is 2.37. The molecule has 0 aliphatic rings. The Morgan fingerprint density at radius 1 is 1.20 bits per heavy atom. The van der Waals surface area contributed by atoms with Crippen LogP contribution in [0.15, 0.2) is 24.2 Å². The monoisotopic (exact) mass is 228 g/mol. The van der Waals surface area contributed by atoms with Gasteiger partial charge in [-0.1, -0.05) is 32.9 Å². The van der Waals surface area contributed by atoms with E-state index in [1.807, 2.05) is 25.2 Å². The molecular weight excluding hydrogens is 204 g/mol. The summed E-state index contributed by atoms with van der Waals surface area (Å²) < 4.78 is 11.2. The third kappa shape index (κ3) is 4.56. The fourth-order valence-corrected chi connectivity index (χ4v) is 1.68. The lowest BCUT2D eigenvalue weighted by molar-refractivity contribution is 0.141. The smallest absolute Gasteiger partial charge is 0.264 e. The van der Waals surface area contributed by atoms with Crippen molar-refractivity contribution in [2.45, 2.75) is 45.8 Å². The van der Waals surface area contributed by atoms with Crippen LogP contribution in [0.1, 0.15) is 27.7 Å². The lowest BCUT2D eigenvalue weighted by atomic mass is 10.2. The largest absolute Gasteiger partial charge is 0.519 e. The van der Waals surface area contributed by atoms with Crippen molar-refractivity contribution in [2.24, 2.45) is 0 Å². The number of ether oxygens (including phenoxy) is 1. The van der Waals surface area contributed by atoms with E-state index in [-0.39, 0.29) is 5.04 Å². The molecule has 0 fully saturated rings. The summed E-state index contributed by atoms with van der Waals surface area (Å²) in [5, 5.41) is 0.195. The van der Waals surface area contributed by atoms with Gasteiger partial charge in [-0.2, -0.15) is 0 Å². The van der Waals surface area contributed by atoms with Crippen molar-refractivity contribution in [3.63, 3.8) is 0 Å². The summed E-state index contributed by atoms with van der Waals surface area (Å²) in [7, 11) is -0.125. The maximum atomic E-state index is 5.98.